The molecule has 112 valence electrons. The van der Waals surface area contributed by atoms with E-state index in [2.05, 4.69) is 40.3 Å². The molecule has 0 saturated heterocycles. The molecule has 4 heteroatoms. The molecule has 2 aromatic carbocycles. The fourth-order valence-electron chi connectivity index (χ4n) is 2.09. The molecule has 0 fully saturated rings. The van der Waals surface area contributed by atoms with Crippen LogP contribution in [0.5, 0.6) is 11.5 Å². The lowest BCUT2D eigenvalue weighted by Gasteiger charge is -2.16. The number of nitrogens with one attached hydrogen (secondary N) is 1. The highest BCUT2D eigenvalue weighted by atomic mass is 79.9. The van der Waals surface area contributed by atoms with Gasteiger partial charge < -0.3 is 14.8 Å². The van der Waals surface area contributed by atoms with Gasteiger partial charge in [-0.1, -0.05) is 28.1 Å². The zero-order valence-corrected chi connectivity index (χ0v) is 14.1. The Kier molecular flexibility index (Phi) is 5.65. The number of methoxy groups -OCH3 is 2. The van der Waals surface area contributed by atoms with Crippen molar-refractivity contribution < 1.29 is 9.47 Å². The Morgan fingerprint density at radius 1 is 1.00 bits per heavy atom. The molecule has 0 heterocycles. The Hall–Kier alpha value is -1.52. The fraction of sp³-hybridized carbons (Fsp3) is 0.294. The van der Waals surface area contributed by atoms with Crippen molar-refractivity contribution in [1.82, 2.24) is 5.32 Å². The number of benzene rings is 2. The fourth-order valence-corrected chi connectivity index (χ4v) is 2.47. The predicted molar refractivity (Wildman–Crippen MR) is 88.9 cm³/mol. The number of hydrogen-bond acceptors (Lipinski definition) is 3. The smallest absolute Gasteiger partial charge is 0.119 e. The second-order valence-corrected chi connectivity index (χ2v) is 5.69. The first-order valence-electron chi connectivity index (χ1n) is 6.83. The zero-order valence-electron chi connectivity index (χ0n) is 12.5. The Bertz CT molecular complexity index is 584. The van der Waals surface area contributed by atoms with Crippen molar-refractivity contribution in [3.05, 3.63) is 58.1 Å². The van der Waals surface area contributed by atoms with Gasteiger partial charge in [-0.3, -0.25) is 0 Å². The average molecular weight is 350 g/mol. The summed E-state index contributed by atoms with van der Waals surface area (Å²) in [4.78, 5) is 0. The number of hydrogen-bond donors (Lipinski definition) is 1. The number of rotatable bonds is 6. The van der Waals surface area contributed by atoms with Crippen LogP contribution in [0.2, 0.25) is 0 Å². The molecule has 0 spiro atoms. The highest BCUT2D eigenvalue weighted by Crippen LogP contribution is 2.23. The summed E-state index contributed by atoms with van der Waals surface area (Å²) in [6, 6.07) is 14.4. The zero-order chi connectivity index (χ0) is 15.2. The van der Waals surface area contributed by atoms with Crippen LogP contribution >= 0.6 is 15.9 Å². The first-order valence-corrected chi connectivity index (χ1v) is 7.63. The molecule has 0 amide bonds. The van der Waals surface area contributed by atoms with Gasteiger partial charge in [0.25, 0.3) is 0 Å². The molecule has 0 unspecified atom stereocenters. The molecule has 0 aliphatic carbocycles. The maximum Gasteiger partial charge on any atom is 0.119 e. The Balaban J connectivity index is 2.01. The standard InChI is InChI=1S/C17H20BrNO2/c1-12(13-4-6-15(20-2)7-5-13)19-11-14-10-16(21-3)8-9-17(14)18/h4-10,12,19H,11H2,1-3H3/t12-/m0/s1. The van der Waals surface area contributed by atoms with Crippen LogP contribution in [0.4, 0.5) is 0 Å². The van der Waals surface area contributed by atoms with E-state index >= 15 is 0 Å². The van der Waals surface area contributed by atoms with Crippen molar-refractivity contribution in [2.75, 3.05) is 14.2 Å². The largest absolute Gasteiger partial charge is 0.497 e. The van der Waals surface area contributed by atoms with Crippen LogP contribution in [0.1, 0.15) is 24.1 Å². The first-order chi connectivity index (χ1) is 10.1. The topological polar surface area (TPSA) is 30.5 Å². The molecule has 3 nitrogen and oxygen atoms in total. The summed E-state index contributed by atoms with van der Waals surface area (Å²) in [6.07, 6.45) is 0. The van der Waals surface area contributed by atoms with Gasteiger partial charge in [0.1, 0.15) is 11.5 Å². The quantitative estimate of drug-likeness (QED) is 0.842. The van der Waals surface area contributed by atoms with E-state index in [0.29, 0.717) is 0 Å². The third-order valence-corrected chi connectivity index (χ3v) is 4.24. The number of halogens is 1. The lowest BCUT2D eigenvalue weighted by atomic mass is 10.1. The van der Waals surface area contributed by atoms with Crippen LogP contribution in [0.25, 0.3) is 0 Å². The molecular formula is C17H20BrNO2. The summed E-state index contributed by atoms with van der Waals surface area (Å²) in [5.74, 6) is 1.74. The summed E-state index contributed by atoms with van der Waals surface area (Å²) in [5, 5.41) is 3.52. The van der Waals surface area contributed by atoms with Gasteiger partial charge >= 0.3 is 0 Å². The molecule has 0 radical (unpaired) electrons. The predicted octanol–water partition coefficient (Wildman–Crippen LogP) is 4.32. The molecular weight excluding hydrogens is 330 g/mol. The minimum Gasteiger partial charge on any atom is -0.497 e. The van der Waals surface area contributed by atoms with Gasteiger partial charge in [0.15, 0.2) is 0 Å². The molecule has 1 N–H and O–H groups in total. The first kappa shape index (κ1) is 15.9. The van der Waals surface area contributed by atoms with E-state index in [9.17, 15) is 0 Å². The van der Waals surface area contributed by atoms with Gasteiger partial charge in [-0.2, -0.15) is 0 Å². The number of ether oxygens (including phenoxy) is 2. The van der Waals surface area contributed by atoms with E-state index in [4.69, 9.17) is 9.47 Å². The molecule has 0 aliphatic heterocycles. The van der Waals surface area contributed by atoms with Gasteiger partial charge in [0.2, 0.25) is 0 Å². The van der Waals surface area contributed by atoms with E-state index < -0.39 is 0 Å². The summed E-state index contributed by atoms with van der Waals surface area (Å²) in [5.41, 5.74) is 2.41. The summed E-state index contributed by atoms with van der Waals surface area (Å²) < 4.78 is 11.5. The van der Waals surface area contributed by atoms with Crippen LogP contribution in [-0.2, 0) is 6.54 Å². The van der Waals surface area contributed by atoms with Crippen molar-refractivity contribution >= 4 is 15.9 Å². The summed E-state index contributed by atoms with van der Waals surface area (Å²) in [7, 11) is 3.36. The molecule has 0 bridgehead atoms. The van der Waals surface area contributed by atoms with Gasteiger partial charge in [-0.15, -0.1) is 0 Å². The summed E-state index contributed by atoms with van der Waals surface area (Å²) >= 11 is 3.57. The average Bonchev–Trinajstić information content (AvgIpc) is 2.54. The molecule has 2 aromatic rings. The van der Waals surface area contributed by atoms with Crippen LogP contribution < -0.4 is 14.8 Å². The van der Waals surface area contributed by atoms with E-state index in [1.807, 2.05) is 30.3 Å². The van der Waals surface area contributed by atoms with E-state index in [0.717, 1.165) is 22.5 Å². The van der Waals surface area contributed by atoms with E-state index in [1.165, 1.54) is 11.1 Å². The van der Waals surface area contributed by atoms with Crippen molar-refractivity contribution in [1.29, 1.82) is 0 Å². The molecule has 2 rings (SSSR count). The molecule has 21 heavy (non-hydrogen) atoms. The van der Waals surface area contributed by atoms with E-state index in [-0.39, 0.29) is 6.04 Å². The van der Waals surface area contributed by atoms with Gasteiger partial charge in [0.05, 0.1) is 14.2 Å². The second-order valence-electron chi connectivity index (χ2n) is 4.83. The normalized spacial score (nSPS) is 12.0. The Morgan fingerprint density at radius 2 is 1.62 bits per heavy atom. The third-order valence-electron chi connectivity index (χ3n) is 3.47. The van der Waals surface area contributed by atoms with Gasteiger partial charge in [-0.05, 0) is 48.4 Å². The summed E-state index contributed by atoms with van der Waals surface area (Å²) in [6.45, 7) is 2.92. The van der Waals surface area contributed by atoms with Crippen LogP contribution in [0.3, 0.4) is 0 Å². The second kappa shape index (κ2) is 7.48. The van der Waals surface area contributed by atoms with Crippen LogP contribution in [0, 0.1) is 0 Å². The van der Waals surface area contributed by atoms with Crippen LogP contribution in [-0.4, -0.2) is 14.2 Å². The van der Waals surface area contributed by atoms with Crippen molar-refractivity contribution in [2.24, 2.45) is 0 Å². The third kappa shape index (κ3) is 4.22. The minimum absolute atomic E-state index is 0.258. The van der Waals surface area contributed by atoms with Gasteiger partial charge in [-0.25, -0.2) is 0 Å². The molecule has 0 aliphatic rings. The maximum atomic E-state index is 5.26. The van der Waals surface area contributed by atoms with Crippen molar-refractivity contribution in [3.63, 3.8) is 0 Å². The molecule has 1 atom stereocenters. The van der Waals surface area contributed by atoms with Crippen molar-refractivity contribution in [2.45, 2.75) is 19.5 Å². The highest BCUT2D eigenvalue weighted by molar-refractivity contribution is 9.10. The Labute approximate surface area is 134 Å². The molecule has 0 saturated carbocycles. The molecule has 0 aromatic heterocycles. The SMILES string of the molecule is COc1ccc([C@H](C)NCc2cc(OC)ccc2Br)cc1. The highest BCUT2D eigenvalue weighted by Gasteiger charge is 2.07. The minimum atomic E-state index is 0.258. The lowest BCUT2D eigenvalue weighted by Crippen LogP contribution is -2.18. The van der Waals surface area contributed by atoms with Gasteiger partial charge in [0, 0.05) is 17.1 Å². The maximum absolute atomic E-state index is 5.26. The van der Waals surface area contributed by atoms with E-state index in [1.54, 1.807) is 14.2 Å². The van der Waals surface area contributed by atoms with Crippen LogP contribution in [0.15, 0.2) is 46.9 Å². The monoisotopic (exact) mass is 349 g/mol. The Morgan fingerprint density at radius 3 is 2.24 bits per heavy atom. The lowest BCUT2D eigenvalue weighted by molar-refractivity contribution is 0.413. The van der Waals surface area contributed by atoms with Crippen molar-refractivity contribution in [3.8, 4) is 11.5 Å².